The molecule has 1 aliphatic rings. The van der Waals surface area contributed by atoms with Crippen LogP contribution in [0.15, 0.2) is 11.3 Å². The van der Waals surface area contributed by atoms with Crippen LogP contribution in [0.2, 0.25) is 0 Å². The van der Waals surface area contributed by atoms with Gasteiger partial charge in [0.2, 0.25) is 0 Å². The highest BCUT2D eigenvalue weighted by molar-refractivity contribution is 5.09. The van der Waals surface area contributed by atoms with Gasteiger partial charge in [0.05, 0.1) is 5.76 Å². The fourth-order valence-corrected chi connectivity index (χ4v) is 1.36. The summed E-state index contributed by atoms with van der Waals surface area (Å²) in [5.41, 5.74) is 1.19. The molecule has 0 radical (unpaired) electrons. The molecule has 0 amide bonds. The van der Waals surface area contributed by atoms with E-state index < -0.39 is 0 Å². The first-order valence-corrected chi connectivity index (χ1v) is 3.60. The van der Waals surface area contributed by atoms with E-state index in [1.807, 2.05) is 6.92 Å². The average molecular weight is 126 g/mol. The molecule has 0 saturated heterocycles. The van der Waals surface area contributed by atoms with Gasteiger partial charge in [0.1, 0.15) is 0 Å². The number of rotatable bonds is 0. The van der Waals surface area contributed by atoms with Gasteiger partial charge < -0.3 is 5.11 Å². The summed E-state index contributed by atoms with van der Waals surface area (Å²) in [7, 11) is 0. The topological polar surface area (TPSA) is 20.2 Å². The second-order valence-electron chi connectivity index (χ2n) is 2.96. The molecule has 0 spiro atoms. The lowest BCUT2D eigenvalue weighted by atomic mass is 9.91. The fourth-order valence-electron chi connectivity index (χ4n) is 1.36. The number of aliphatic hydroxyl groups is 1. The number of allylic oxidation sites excluding steroid dienone is 2. The molecule has 0 aromatic carbocycles. The molecule has 1 rings (SSSR count). The van der Waals surface area contributed by atoms with Crippen molar-refractivity contribution in [3.05, 3.63) is 11.3 Å². The molecule has 9 heavy (non-hydrogen) atoms. The monoisotopic (exact) mass is 126 g/mol. The third kappa shape index (κ3) is 1.26. The first-order chi connectivity index (χ1) is 4.22. The minimum Gasteiger partial charge on any atom is -0.512 e. The van der Waals surface area contributed by atoms with E-state index in [0.29, 0.717) is 11.7 Å². The van der Waals surface area contributed by atoms with E-state index in [1.165, 1.54) is 12.0 Å². The molecule has 1 heteroatoms. The van der Waals surface area contributed by atoms with Crippen LogP contribution >= 0.6 is 0 Å². The first-order valence-electron chi connectivity index (χ1n) is 3.60. The summed E-state index contributed by atoms with van der Waals surface area (Å²) >= 11 is 0. The molecule has 1 aliphatic carbocycles. The predicted molar refractivity (Wildman–Crippen MR) is 38.3 cm³/mol. The van der Waals surface area contributed by atoms with E-state index in [4.69, 9.17) is 0 Å². The third-order valence-corrected chi connectivity index (χ3v) is 2.09. The van der Waals surface area contributed by atoms with Crippen molar-refractivity contribution >= 4 is 0 Å². The predicted octanol–water partition coefficient (Wildman–Crippen LogP) is 2.64. The summed E-state index contributed by atoms with van der Waals surface area (Å²) in [5.74, 6) is 1.06. The Morgan fingerprint density at radius 1 is 1.56 bits per heavy atom. The molecule has 0 aromatic rings. The summed E-state index contributed by atoms with van der Waals surface area (Å²) < 4.78 is 0. The van der Waals surface area contributed by atoms with Gasteiger partial charge in [0, 0.05) is 5.92 Å². The molecule has 0 saturated carbocycles. The summed E-state index contributed by atoms with van der Waals surface area (Å²) in [5, 5.41) is 9.33. The third-order valence-electron chi connectivity index (χ3n) is 2.09. The summed E-state index contributed by atoms with van der Waals surface area (Å²) in [6.45, 7) is 4.10. The fraction of sp³-hybridized carbons (Fsp3) is 0.750. The zero-order valence-corrected chi connectivity index (χ0v) is 6.15. The Labute approximate surface area is 56.4 Å². The van der Waals surface area contributed by atoms with Crippen LogP contribution in [0.4, 0.5) is 0 Å². The van der Waals surface area contributed by atoms with Gasteiger partial charge in [-0.15, -0.1) is 0 Å². The summed E-state index contributed by atoms with van der Waals surface area (Å²) in [6.07, 6.45) is 3.50. The van der Waals surface area contributed by atoms with Gasteiger partial charge in [-0.25, -0.2) is 0 Å². The highest BCUT2D eigenvalue weighted by Crippen LogP contribution is 2.26. The number of hydrogen-bond donors (Lipinski definition) is 1. The quantitative estimate of drug-likeness (QED) is 0.529. The van der Waals surface area contributed by atoms with Crippen molar-refractivity contribution in [3.63, 3.8) is 0 Å². The minimum absolute atomic E-state index is 0.416. The van der Waals surface area contributed by atoms with Crippen LogP contribution in [0.5, 0.6) is 0 Å². The van der Waals surface area contributed by atoms with Gasteiger partial charge in [0.15, 0.2) is 0 Å². The van der Waals surface area contributed by atoms with Crippen LogP contribution in [-0.4, -0.2) is 5.11 Å². The van der Waals surface area contributed by atoms with Crippen LogP contribution in [-0.2, 0) is 0 Å². The number of aliphatic hydroxyl groups excluding tert-OH is 1. The highest BCUT2D eigenvalue weighted by Gasteiger charge is 2.14. The Bertz CT molecular complexity index is 136. The van der Waals surface area contributed by atoms with Crippen molar-refractivity contribution in [1.29, 1.82) is 0 Å². The maximum absolute atomic E-state index is 9.33. The SMILES string of the molecule is CC1=C(O)[C@H](C)CCC1. The second-order valence-corrected chi connectivity index (χ2v) is 2.96. The van der Waals surface area contributed by atoms with Crippen LogP contribution in [0.25, 0.3) is 0 Å². The van der Waals surface area contributed by atoms with E-state index in [9.17, 15) is 5.11 Å². The van der Waals surface area contributed by atoms with Crippen LogP contribution in [0.1, 0.15) is 33.1 Å². The lowest BCUT2D eigenvalue weighted by molar-refractivity contribution is 0.304. The van der Waals surface area contributed by atoms with Gasteiger partial charge in [0.25, 0.3) is 0 Å². The maximum atomic E-state index is 9.33. The van der Waals surface area contributed by atoms with Crippen molar-refractivity contribution in [2.75, 3.05) is 0 Å². The van der Waals surface area contributed by atoms with Crippen LogP contribution in [0, 0.1) is 5.92 Å². The van der Waals surface area contributed by atoms with E-state index in [-0.39, 0.29) is 0 Å². The van der Waals surface area contributed by atoms with Gasteiger partial charge in [-0.2, -0.15) is 0 Å². The van der Waals surface area contributed by atoms with E-state index in [1.54, 1.807) is 0 Å². The molecular weight excluding hydrogens is 112 g/mol. The molecule has 0 aliphatic heterocycles. The van der Waals surface area contributed by atoms with Crippen molar-refractivity contribution in [3.8, 4) is 0 Å². The smallest absolute Gasteiger partial charge is 0.0939 e. The Kier molecular flexibility index (Phi) is 1.79. The first kappa shape index (κ1) is 6.66. The molecule has 1 nitrogen and oxygen atoms in total. The normalized spacial score (nSPS) is 28.9. The van der Waals surface area contributed by atoms with Gasteiger partial charge >= 0.3 is 0 Å². The highest BCUT2D eigenvalue weighted by atomic mass is 16.3. The Morgan fingerprint density at radius 2 is 2.22 bits per heavy atom. The second kappa shape index (κ2) is 2.42. The van der Waals surface area contributed by atoms with E-state index >= 15 is 0 Å². The van der Waals surface area contributed by atoms with E-state index in [2.05, 4.69) is 6.92 Å². The number of hydrogen-bond acceptors (Lipinski definition) is 1. The van der Waals surface area contributed by atoms with Gasteiger partial charge in [-0.1, -0.05) is 6.92 Å². The largest absolute Gasteiger partial charge is 0.512 e. The van der Waals surface area contributed by atoms with Gasteiger partial charge in [-0.05, 0) is 31.8 Å². The molecule has 0 fully saturated rings. The Hall–Kier alpha value is -0.460. The molecule has 0 unspecified atom stereocenters. The molecule has 1 atom stereocenters. The Balaban J connectivity index is 2.72. The van der Waals surface area contributed by atoms with Gasteiger partial charge in [-0.3, -0.25) is 0 Å². The standard InChI is InChI=1S/C8H14O/c1-6-4-3-5-7(2)8(6)9/h6,9H,3-5H2,1-2H3/t6-/m1/s1. The van der Waals surface area contributed by atoms with Crippen LogP contribution in [0.3, 0.4) is 0 Å². The van der Waals surface area contributed by atoms with Crippen LogP contribution < -0.4 is 0 Å². The van der Waals surface area contributed by atoms with Crippen molar-refractivity contribution in [1.82, 2.24) is 0 Å². The molecule has 1 N–H and O–H groups in total. The zero-order chi connectivity index (χ0) is 6.85. The Morgan fingerprint density at radius 3 is 2.67 bits per heavy atom. The molecule has 0 heterocycles. The lowest BCUT2D eigenvalue weighted by Gasteiger charge is -2.18. The van der Waals surface area contributed by atoms with E-state index in [0.717, 1.165) is 12.8 Å². The zero-order valence-electron chi connectivity index (χ0n) is 6.15. The van der Waals surface area contributed by atoms with Crippen molar-refractivity contribution < 1.29 is 5.11 Å². The lowest BCUT2D eigenvalue weighted by Crippen LogP contribution is -2.06. The average Bonchev–Trinajstić information content (AvgIpc) is 1.83. The summed E-state index contributed by atoms with van der Waals surface area (Å²) in [4.78, 5) is 0. The maximum Gasteiger partial charge on any atom is 0.0939 e. The minimum atomic E-state index is 0.416. The molecule has 0 aromatic heterocycles. The van der Waals surface area contributed by atoms with Crippen molar-refractivity contribution in [2.45, 2.75) is 33.1 Å². The molecule has 52 valence electrons. The molecular formula is C8H14O. The van der Waals surface area contributed by atoms with Crippen molar-refractivity contribution in [2.24, 2.45) is 5.92 Å². The summed E-state index contributed by atoms with van der Waals surface area (Å²) in [6, 6.07) is 0. The molecule has 0 bridgehead atoms.